The van der Waals surface area contributed by atoms with Crippen LogP contribution >= 0.6 is 0 Å². The Balaban J connectivity index is 2.10. The number of nitrogens with one attached hydrogen (secondary N) is 1. The maximum Gasteiger partial charge on any atom is 0.272 e. The molecule has 1 aromatic rings. The lowest BCUT2D eigenvalue weighted by Gasteiger charge is -2.38. The Hall–Kier alpha value is -1.42. The summed E-state index contributed by atoms with van der Waals surface area (Å²) in [4.78, 5) is 18.2. The van der Waals surface area contributed by atoms with Gasteiger partial charge in [-0.1, -0.05) is 13.0 Å². The number of amides is 1. The zero-order valence-corrected chi connectivity index (χ0v) is 9.52. The predicted molar refractivity (Wildman–Crippen MR) is 62.2 cm³/mol. The molecule has 0 aromatic carbocycles. The summed E-state index contributed by atoms with van der Waals surface area (Å²) in [7, 11) is 0. The Morgan fingerprint density at radius 1 is 1.56 bits per heavy atom. The smallest absolute Gasteiger partial charge is 0.272 e. The van der Waals surface area contributed by atoms with E-state index in [1.54, 1.807) is 12.3 Å². The fraction of sp³-hybridized carbons (Fsp3) is 0.500. The van der Waals surface area contributed by atoms with Gasteiger partial charge in [0, 0.05) is 25.8 Å². The molecular formula is C12H17N3O. The van der Waals surface area contributed by atoms with E-state index >= 15 is 0 Å². The molecule has 0 radical (unpaired) electrons. The van der Waals surface area contributed by atoms with E-state index in [1.807, 2.05) is 17.0 Å². The maximum absolute atomic E-state index is 12.2. The lowest BCUT2D eigenvalue weighted by molar-refractivity contribution is 0.0610. The number of carbonyl (C=O) groups is 1. The summed E-state index contributed by atoms with van der Waals surface area (Å²) >= 11 is 0. The minimum atomic E-state index is 0.0500. The molecule has 1 saturated heterocycles. The molecule has 4 nitrogen and oxygen atoms in total. The van der Waals surface area contributed by atoms with Gasteiger partial charge >= 0.3 is 0 Å². The minimum absolute atomic E-state index is 0.0500. The molecule has 4 heteroatoms. The molecule has 1 aliphatic rings. The number of hydrogen-bond donors (Lipinski definition) is 1. The van der Waals surface area contributed by atoms with Crippen LogP contribution in [0.1, 0.15) is 23.8 Å². The third-order valence-electron chi connectivity index (χ3n) is 2.81. The Kier molecular flexibility index (Phi) is 3.51. The number of nitrogens with zero attached hydrogens (tertiary/aromatic N) is 2. The molecule has 86 valence electrons. The Bertz CT molecular complexity index is 349. The molecule has 0 bridgehead atoms. The molecule has 1 fully saturated rings. The summed E-state index contributed by atoms with van der Waals surface area (Å²) in [6, 6.07) is 5.79. The van der Waals surface area contributed by atoms with Gasteiger partial charge in [0.15, 0.2) is 0 Å². The van der Waals surface area contributed by atoms with Crippen molar-refractivity contribution in [3.8, 4) is 0 Å². The van der Waals surface area contributed by atoms with Crippen LogP contribution in [0.15, 0.2) is 24.4 Å². The maximum atomic E-state index is 12.2. The molecule has 2 heterocycles. The monoisotopic (exact) mass is 219 g/mol. The molecule has 2 rings (SSSR count). The predicted octanol–water partition coefficient (Wildman–Crippen LogP) is 0.906. The third kappa shape index (κ3) is 2.22. The van der Waals surface area contributed by atoms with Gasteiger partial charge in [-0.15, -0.1) is 0 Å². The lowest BCUT2D eigenvalue weighted by atomic mass is 10.1. The van der Waals surface area contributed by atoms with E-state index in [4.69, 9.17) is 0 Å². The van der Waals surface area contributed by atoms with Crippen LogP contribution in [0.5, 0.6) is 0 Å². The molecule has 16 heavy (non-hydrogen) atoms. The summed E-state index contributed by atoms with van der Waals surface area (Å²) in [6.07, 6.45) is 2.64. The van der Waals surface area contributed by atoms with Gasteiger partial charge in [-0.25, -0.2) is 0 Å². The number of aromatic nitrogens is 1. The average Bonchev–Trinajstić information content (AvgIpc) is 2.26. The normalized spacial score (nSPS) is 15.6. The second kappa shape index (κ2) is 5.07. The van der Waals surface area contributed by atoms with Crippen molar-refractivity contribution in [3.63, 3.8) is 0 Å². The topological polar surface area (TPSA) is 45.2 Å². The van der Waals surface area contributed by atoms with Crippen LogP contribution in [-0.2, 0) is 0 Å². The molecule has 0 atom stereocenters. The van der Waals surface area contributed by atoms with Crippen LogP contribution in [0.3, 0.4) is 0 Å². The van der Waals surface area contributed by atoms with E-state index < -0.39 is 0 Å². The van der Waals surface area contributed by atoms with Crippen molar-refractivity contribution in [2.75, 3.05) is 19.6 Å². The molecule has 0 spiro atoms. The highest BCUT2D eigenvalue weighted by Crippen LogP contribution is 2.10. The Morgan fingerprint density at radius 2 is 2.38 bits per heavy atom. The first-order valence-corrected chi connectivity index (χ1v) is 5.75. The first-order chi connectivity index (χ1) is 7.83. The number of rotatable bonds is 4. The van der Waals surface area contributed by atoms with Crippen molar-refractivity contribution in [1.82, 2.24) is 15.2 Å². The van der Waals surface area contributed by atoms with E-state index in [-0.39, 0.29) is 5.91 Å². The van der Waals surface area contributed by atoms with Crippen LogP contribution in [0.4, 0.5) is 0 Å². The van der Waals surface area contributed by atoms with Gasteiger partial charge in [0.05, 0.1) is 6.04 Å². The zero-order chi connectivity index (χ0) is 11.4. The first kappa shape index (κ1) is 11.1. The van der Waals surface area contributed by atoms with Gasteiger partial charge in [-0.05, 0) is 18.6 Å². The molecule has 1 amide bonds. The van der Waals surface area contributed by atoms with Gasteiger partial charge in [-0.2, -0.15) is 0 Å². The van der Waals surface area contributed by atoms with E-state index in [9.17, 15) is 4.79 Å². The fourth-order valence-electron chi connectivity index (χ4n) is 1.82. The van der Waals surface area contributed by atoms with Gasteiger partial charge in [0.2, 0.25) is 0 Å². The van der Waals surface area contributed by atoms with Crippen LogP contribution in [-0.4, -0.2) is 41.5 Å². The van der Waals surface area contributed by atoms with Crippen LogP contribution in [0.2, 0.25) is 0 Å². The van der Waals surface area contributed by atoms with Crippen LogP contribution in [0.25, 0.3) is 0 Å². The van der Waals surface area contributed by atoms with Gasteiger partial charge in [0.25, 0.3) is 5.91 Å². The SMILES string of the molecule is CCCN(C(=O)c1ccccn1)C1CNC1. The minimum Gasteiger partial charge on any atom is -0.332 e. The van der Waals surface area contributed by atoms with Crippen LogP contribution in [0, 0.1) is 0 Å². The highest BCUT2D eigenvalue weighted by atomic mass is 16.2. The summed E-state index contributed by atoms with van der Waals surface area (Å²) in [6.45, 7) is 4.70. The molecule has 1 N–H and O–H groups in total. The van der Waals surface area contributed by atoms with E-state index in [1.165, 1.54) is 0 Å². The summed E-state index contributed by atoms with van der Waals surface area (Å²) in [5.41, 5.74) is 0.544. The van der Waals surface area contributed by atoms with Crippen molar-refractivity contribution >= 4 is 5.91 Å². The average molecular weight is 219 g/mol. The van der Waals surface area contributed by atoms with Crippen molar-refractivity contribution in [2.24, 2.45) is 0 Å². The van der Waals surface area contributed by atoms with E-state index in [2.05, 4.69) is 17.2 Å². The highest BCUT2D eigenvalue weighted by molar-refractivity contribution is 5.92. The quantitative estimate of drug-likeness (QED) is 0.818. The molecule has 0 saturated carbocycles. The molecule has 0 unspecified atom stereocenters. The van der Waals surface area contributed by atoms with Crippen molar-refractivity contribution < 1.29 is 4.79 Å². The highest BCUT2D eigenvalue weighted by Gasteiger charge is 2.28. The number of pyridine rings is 1. The second-order valence-electron chi connectivity index (χ2n) is 4.03. The number of carbonyl (C=O) groups excluding carboxylic acids is 1. The first-order valence-electron chi connectivity index (χ1n) is 5.75. The van der Waals surface area contributed by atoms with Crippen molar-refractivity contribution in [1.29, 1.82) is 0 Å². The summed E-state index contributed by atoms with van der Waals surface area (Å²) in [5, 5.41) is 3.19. The molecular weight excluding hydrogens is 202 g/mol. The Labute approximate surface area is 95.7 Å². The van der Waals surface area contributed by atoms with Gasteiger partial charge in [-0.3, -0.25) is 9.78 Å². The molecule has 1 aromatic heterocycles. The molecule has 0 aliphatic carbocycles. The van der Waals surface area contributed by atoms with E-state index in [0.717, 1.165) is 26.1 Å². The fourth-order valence-corrected chi connectivity index (χ4v) is 1.82. The summed E-state index contributed by atoms with van der Waals surface area (Å²) < 4.78 is 0. The molecule has 1 aliphatic heterocycles. The zero-order valence-electron chi connectivity index (χ0n) is 9.52. The van der Waals surface area contributed by atoms with Crippen LogP contribution < -0.4 is 5.32 Å². The lowest BCUT2D eigenvalue weighted by Crippen LogP contribution is -2.59. The largest absolute Gasteiger partial charge is 0.332 e. The van der Waals surface area contributed by atoms with Crippen molar-refractivity contribution in [2.45, 2.75) is 19.4 Å². The van der Waals surface area contributed by atoms with Crippen molar-refractivity contribution in [3.05, 3.63) is 30.1 Å². The Morgan fingerprint density at radius 3 is 2.88 bits per heavy atom. The van der Waals surface area contributed by atoms with Gasteiger partial charge < -0.3 is 10.2 Å². The van der Waals surface area contributed by atoms with E-state index in [0.29, 0.717) is 11.7 Å². The van der Waals surface area contributed by atoms with Gasteiger partial charge in [0.1, 0.15) is 5.69 Å². The number of hydrogen-bond acceptors (Lipinski definition) is 3. The standard InChI is InChI=1S/C12H17N3O/c1-2-7-15(10-8-13-9-10)12(16)11-5-3-4-6-14-11/h3-6,10,13H,2,7-9H2,1H3. The summed E-state index contributed by atoms with van der Waals surface area (Å²) in [5.74, 6) is 0.0500. The second-order valence-corrected chi connectivity index (χ2v) is 4.03. The third-order valence-corrected chi connectivity index (χ3v) is 2.81.